The third kappa shape index (κ3) is 4.30. The lowest BCUT2D eigenvalue weighted by molar-refractivity contribution is 0.168. The minimum atomic E-state index is -3.49. The molecule has 0 amide bonds. The van der Waals surface area contributed by atoms with Gasteiger partial charge in [-0.2, -0.15) is 4.31 Å². The second-order valence-electron chi connectivity index (χ2n) is 7.82. The van der Waals surface area contributed by atoms with E-state index in [1.165, 1.54) is 5.56 Å². The molecule has 0 unspecified atom stereocenters. The molecule has 7 nitrogen and oxygen atoms in total. The van der Waals surface area contributed by atoms with Crippen LogP contribution in [-0.2, 0) is 16.6 Å². The molecule has 1 fully saturated rings. The van der Waals surface area contributed by atoms with E-state index >= 15 is 0 Å². The summed E-state index contributed by atoms with van der Waals surface area (Å²) in [5.41, 5.74) is 3.91. The Hall–Kier alpha value is -2.55. The van der Waals surface area contributed by atoms with Gasteiger partial charge < -0.3 is 4.42 Å². The van der Waals surface area contributed by atoms with Gasteiger partial charge in [-0.3, -0.25) is 4.90 Å². The number of hydrogen-bond donors (Lipinski definition) is 0. The maximum atomic E-state index is 13.0. The summed E-state index contributed by atoms with van der Waals surface area (Å²) in [7, 11) is -3.49. The van der Waals surface area contributed by atoms with Gasteiger partial charge in [-0.25, -0.2) is 8.42 Å². The van der Waals surface area contributed by atoms with Crippen LogP contribution in [0.5, 0.6) is 0 Å². The Kier molecular flexibility index (Phi) is 5.73. The predicted molar refractivity (Wildman–Crippen MR) is 114 cm³/mol. The van der Waals surface area contributed by atoms with Gasteiger partial charge in [0.2, 0.25) is 21.8 Å². The number of hydrogen-bond acceptors (Lipinski definition) is 6. The maximum absolute atomic E-state index is 13.0. The molecule has 0 bridgehead atoms. The zero-order valence-corrected chi connectivity index (χ0v) is 18.3. The van der Waals surface area contributed by atoms with Crippen LogP contribution in [0.15, 0.2) is 51.8 Å². The average Bonchev–Trinajstić information content (AvgIpc) is 3.17. The summed E-state index contributed by atoms with van der Waals surface area (Å²) in [6.07, 6.45) is 0. The van der Waals surface area contributed by atoms with Gasteiger partial charge in [0.15, 0.2) is 0 Å². The number of aromatic nitrogens is 2. The van der Waals surface area contributed by atoms with Crippen LogP contribution in [0.25, 0.3) is 11.5 Å². The molecule has 3 aromatic rings. The molecule has 0 aliphatic carbocycles. The summed E-state index contributed by atoms with van der Waals surface area (Å²) in [4.78, 5) is 2.53. The van der Waals surface area contributed by atoms with Crippen LogP contribution in [0.4, 0.5) is 0 Å². The number of sulfonamides is 1. The van der Waals surface area contributed by atoms with Crippen molar-refractivity contribution in [2.75, 3.05) is 26.2 Å². The van der Waals surface area contributed by atoms with Gasteiger partial charge in [-0.15, -0.1) is 10.2 Å². The zero-order valence-electron chi connectivity index (χ0n) is 17.5. The summed E-state index contributed by atoms with van der Waals surface area (Å²) in [5, 5.41) is 8.30. The lowest BCUT2D eigenvalue weighted by Gasteiger charge is -2.33. The molecule has 2 heterocycles. The second-order valence-corrected chi connectivity index (χ2v) is 9.72. The van der Waals surface area contributed by atoms with Gasteiger partial charge in [0.05, 0.1) is 11.4 Å². The van der Waals surface area contributed by atoms with Gasteiger partial charge in [0.1, 0.15) is 0 Å². The average molecular weight is 427 g/mol. The van der Waals surface area contributed by atoms with Crippen LogP contribution in [0.3, 0.4) is 0 Å². The molecule has 30 heavy (non-hydrogen) atoms. The summed E-state index contributed by atoms with van der Waals surface area (Å²) in [6.45, 7) is 8.46. The Morgan fingerprint density at radius 2 is 1.57 bits per heavy atom. The van der Waals surface area contributed by atoms with E-state index in [-0.39, 0.29) is 0 Å². The molecule has 1 aliphatic rings. The highest BCUT2D eigenvalue weighted by molar-refractivity contribution is 7.89. The van der Waals surface area contributed by atoms with Crippen molar-refractivity contribution in [3.63, 3.8) is 0 Å². The van der Waals surface area contributed by atoms with Gasteiger partial charge in [-0.05, 0) is 44.5 Å². The van der Waals surface area contributed by atoms with E-state index in [4.69, 9.17) is 4.42 Å². The van der Waals surface area contributed by atoms with Crippen LogP contribution in [-0.4, -0.2) is 54.0 Å². The minimum Gasteiger partial charge on any atom is -0.419 e. The van der Waals surface area contributed by atoms with Gasteiger partial charge in [0, 0.05) is 31.7 Å². The quantitative estimate of drug-likeness (QED) is 0.624. The Morgan fingerprint density at radius 3 is 2.23 bits per heavy atom. The van der Waals surface area contributed by atoms with E-state index in [1.807, 2.05) is 57.2 Å². The van der Waals surface area contributed by atoms with Crippen molar-refractivity contribution in [2.45, 2.75) is 32.2 Å². The van der Waals surface area contributed by atoms with E-state index < -0.39 is 10.0 Å². The molecule has 1 saturated heterocycles. The standard InChI is InChI=1S/C22H26N4O3S/c1-16-4-7-19(8-5-16)22-24-23-21(29-22)15-25-10-12-26(13-11-25)30(27,28)20-9-6-17(2)14-18(20)3/h4-9,14H,10-13,15H2,1-3H3. The molecular weight excluding hydrogens is 400 g/mol. The SMILES string of the molecule is Cc1ccc(-c2nnc(CN3CCN(S(=O)(=O)c4ccc(C)cc4C)CC3)o2)cc1. The monoisotopic (exact) mass is 426 g/mol. The van der Waals surface area contributed by atoms with Crippen molar-refractivity contribution in [2.24, 2.45) is 0 Å². The first-order valence-electron chi connectivity index (χ1n) is 10.0. The van der Waals surface area contributed by atoms with Crippen LogP contribution >= 0.6 is 0 Å². The van der Waals surface area contributed by atoms with E-state index in [0.29, 0.717) is 49.4 Å². The third-order valence-electron chi connectivity index (χ3n) is 5.40. The Bertz CT molecular complexity index is 1130. The number of aryl methyl sites for hydroxylation is 3. The molecule has 0 spiro atoms. The number of piperazine rings is 1. The molecule has 4 rings (SSSR count). The Labute approximate surface area is 177 Å². The lowest BCUT2D eigenvalue weighted by atomic mass is 10.1. The van der Waals surface area contributed by atoms with Crippen molar-refractivity contribution in [1.29, 1.82) is 0 Å². The van der Waals surface area contributed by atoms with Crippen molar-refractivity contribution in [1.82, 2.24) is 19.4 Å². The van der Waals surface area contributed by atoms with Gasteiger partial charge in [-0.1, -0.05) is 35.4 Å². The third-order valence-corrected chi connectivity index (χ3v) is 7.46. The van der Waals surface area contributed by atoms with Crippen molar-refractivity contribution < 1.29 is 12.8 Å². The Balaban J connectivity index is 1.38. The first kappa shape index (κ1) is 20.7. The number of benzene rings is 2. The van der Waals surface area contributed by atoms with E-state index in [2.05, 4.69) is 15.1 Å². The highest BCUT2D eigenvalue weighted by atomic mass is 32.2. The summed E-state index contributed by atoms with van der Waals surface area (Å²) < 4.78 is 33.4. The normalized spacial score (nSPS) is 16.1. The molecule has 0 N–H and O–H groups in total. The van der Waals surface area contributed by atoms with Gasteiger partial charge in [0.25, 0.3) is 0 Å². The van der Waals surface area contributed by atoms with Crippen LogP contribution in [0, 0.1) is 20.8 Å². The van der Waals surface area contributed by atoms with Crippen LogP contribution in [0.2, 0.25) is 0 Å². The highest BCUT2D eigenvalue weighted by Gasteiger charge is 2.30. The second kappa shape index (κ2) is 8.29. The van der Waals surface area contributed by atoms with E-state index in [9.17, 15) is 8.42 Å². The highest BCUT2D eigenvalue weighted by Crippen LogP contribution is 2.23. The van der Waals surface area contributed by atoms with Gasteiger partial charge >= 0.3 is 0 Å². The summed E-state index contributed by atoms with van der Waals surface area (Å²) in [6, 6.07) is 13.4. The molecular formula is C22H26N4O3S. The van der Waals surface area contributed by atoms with Crippen molar-refractivity contribution in [3.05, 3.63) is 65.0 Å². The van der Waals surface area contributed by atoms with Crippen LogP contribution in [0.1, 0.15) is 22.6 Å². The molecule has 158 valence electrons. The molecule has 0 atom stereocenters. The molecule has 1 aromatic heterocycles. The van der Waals surface area contributed by atoms with Crippen molar-refractivity contribution >= 4 is 10.0 Å². The number of nitrogens with zero attached hydrogens (tertiary/aromatic N) is 4. The first-order valence-corrected chi connectivity index (χ1v) is 11.5. The lowest BCUT2D eigenvalue weighted by Crippen LogP contribution is -2.48. The molecule has 8 heteroatoms. The smallest absolute Gasteiger partial charge is 0.247 e. The predicted octanol–water partition coefficient (Wildman–Crippen LogP) is 3.17. The van der Waals surface area contributed by atoms with E-state index in [1.54, 1.807) is 10.4 Å². The molecule has 1 aliphatic heterocycles. The molecule has 0 saturated carbocycles. The maximum Gasteiger partial charge on any atom is 0.247 e. The largest absolute Gasteiger partial charge is 0.419 e. The van der Waals surface area contributed by atoms with E-state index in [0.717, 1.165) is 16.7 Å². The minimum absolute atomic E-state index is 0.390. The zero-order chi connectivity index (χ0) is 21.3. The Morgan fingerprint density at radius 1 is 0.900 bits per heavy atom. The summed E-state index contributed by atoms with van der Waals surface area (Å²) >= 11 is 0. The molecule has 0 radical (unpaired) electrons. The number of rotatable bonds is 5. The van der Waals surface area contributed by atoms with Crippen LogP contribution < -0.4 is 0 Å². The fraction of sp³-hybridized carbons (Fsp3) is 0.364. The topological polar surface area (TPSA) is 79.5 Å². The fourth-order valence-electron chi connectivity index (χ4n) is 3.68. The first-order chi connectivity index (χ1) is 14.3. The summed E-state index contributed by atoms with van der Waals surface area (Å²) in [5.74, 6) is 1.04. The van der Waals surface area contributed by atoms with Crippen molar-refractivity contribution in [3.8, 4) is 11.5 Å². The molecule has 2 aromatic carbocycles. The fourth-order valence-corrected chi connectivity index (χ4v) is 5.31.